The molecule has 1 atom stereocenters. The van der Waals surface area contributed by atoms with Crippen LogP contribution < -0.4 is 11.1 Å². The molecule has 3 N–H and O–H groups in total. The Labute approximate surface area is 123 Å². The van der Waals surface area contributed by atoms with Crippen molar-refractivity contribution >= 4 is 23.2 Å². The van der Waals surface area contributed by atoms with Gasteiger partial charge in [0.05, 0.1) is 23.5 Å². The molecule has 0 bridgehead atoms. The van der Waals surface area contributed by atoms with Crippen molar-refractivity contribution in [3.63, 3.8) is 0 Å². The van der Waals surface area contributed by atoms with Crippen LogP contribution in [0.1, 0.15) is 34.5 Å². The first-order chi connectivity index (χ1) is 9.47. The Morgan fingerprint density at radius 2 is 2.00 bits per heavy atom. The maximum absolute atomic E-state index is 12.2. The zero-order valence-corrected chi connectivity index (χ0v) is 12.1. The highest BCUT2D eigenvalue weighted by molar-refractivity contribution is 6.32. The van der Waals surface area contributed by atoms with E-state index in [1.165, 1.54) is 17.8 Å². The van der Waals surface area contributed by atoms with Crippen LogP contribution in [0.15, 0.2) is 36.5 Å². The van der Waals surface area contributed by atoms with E-state index in [1.54, 1.807) is 0 Å². The number of anilines is 1. The van der Waals surface area contributed by atoms with Gasteiger partial charge in [0.25, 0.3) is 5.91 Å². The quantitative estimate of drug-likeness (QED) is 0.853. The first kappa shape index (κ1) is 14.3. The number of nitrogens with one attached hydrogen (secondary N) is 1. The molecule has 5 heteroatoms. The van der Waals surface area contributed by atoms with Gasteiger partial charge >= 0.3 is 0 Å². The molecule has 0 saturated carbocycles. The molecule has 0 aliphatic heterocycles. The topological polar surface area (TPSA) is 68.0 Å². The van der Waals surface area contributed by atoms with Crippen LogP contribution in [0, 0.1) is 6.92 Å². The van der Waals surface area contributed by atoms with Gasteiger partial charge in [-0.25, -0.2) is 4.98 Å². The minimum absolute atomic E-state index is 0.124. The predicted octanol–water partition coefficient (Wildman–Crippen LogP) is 3.12. The number of nitrogens with two attached hydrogens (primary N) is 1. The van der Waals surface area contributed by atoms with Gasteiger partial charge < -0.3 is 11.1 Å². The molecule has 0 saturated heterocycles. The third-order valence-electron chi connectivity index (χ3n) is 3.03. The van der Waals surface area contributed by atoms with Crippen LogP contribution in [-0.4, -0.2) is 10.9 Å². The van der Waals surface area contributed by atoms with Crippen LogP contribution in [0.3, 0.4) is 0 Å². The number of hydrogen-bond acceptors (Lipinski definition) is 3. The lowest BCUT2D eigenvalue weighted by Crippen LogP contribution is -2.27. The van der Waals surface area contributed by atoms with E-state index in [1.807, 2.05) is 38.1 Å². The summed E-state index contributed by atoms with van der Waals surface area (Å²) in [5, 5.41) is 3.03. The van der Waals surface area contributed by atoms with Crippen molar-refractivity contribution < 1.29 is 4.79 Å². The van der Waals surface area contributed by atoms with Gasteiger partial charge in [-0.05, 0) is 25.5 Å². The SMILES string of the molecule is Cc1ccc(C(C)NC(=O)c2cc(N)cnc2Cl)cc1. The van der Waals surface area contributed by atoms with Gasteiger partial charge in [-0.15, -0.1) is 0 Å². The second kappa shape index (κ2) is 5.92. The summed E-state index contributed by atoms with van der Waals surface area (Å²) in [6.07, 6.45) is 1.42. The minimum Gasteiger partial charge on any atom is -0.397 e. The van der Waals surface area contributed by atoms with E-state index < -0.39 is 0 Å². The molecule has 1 aromatic heterocycles. The molecule has 1 amide bonds. The molecule has 0 aliphatic rings. The van der Waals surface area contributed by atoms with Crippen LogP contribution in [0.5, 0.6) is 0 Å². The number of carbonyl (C=O) groups is 1. The van der Waals surface area contributed by atoms with E-state index in [9.17, 15) is 4.79 Å². The molecule has 4 nitrogen and oxygen atoms in total. The molecule has 1 aromatic carbocycles. The third-order valence-corrected chi connectivity index (χ3v) is 3.33. The van der Waals surface area contributed by atoms with Crippen molar-refractivity contribution in [3.05, 3.63) is 58.4 Å². The Morgan fingerprint density at radius 3 is 2.65 bits per heavy atom. The Balaban J connectivity index is 2.15. The zero-order chi connectivity index (χ0) is 14.7. The van der Waals surface area contributed by atoms with E-state index in [-0.39, 0.29) is 22.7 Å². The lowest BCUT2D eigenvalue weighted by atomic mass is 10.1. The first-order valence-corrected chi connectivity index (χ1v) is 6.63. The lowest BCUT2D eigenvalue weighted by Gasteiger charge is -2.15. The molecule has 1 unspecified atom stereocenters. The second-order valence-corrected chi connectivity index (χ2v) is 5.07. The molecule has 0 radical (unpaired) electrons. The molecular formula is C15H16ClN3O. The van der Waals surface area contributed by atoms with Gasteiger partial charge in [0.2, 0.25) is 0 Å². The first-order valence-electron chi connectivity index (χ1n) is 6.26. The summed E-state index contributed by atoms with van der Waals surface area (Å²) >= 11 is 5.91. The van der Waals surface area contributed by atoms with E-state index >= 15 is 0 Å². The molecule has 0 spiro atoms. The number of nitrogen functional groups attached to an aromatic ring is 1. The highest BCUT2D eigenvalue weighted by Crippen LogP contribution is 2.18. The molecule has 2 aromatic rings. The average Bonchev–Trinajstić information content (AvgIpc) is 2.42. The number of aromatic nitrogens is 1. The number of rotatable bonds is 3. The fourth-order valence-electron chi connectivity index (χ4n) is 1.84. The monoisotopic (exact) mass is 289 g/mol. The summed E-state index contributed by atoms with van der Waals surface area (Å²) in [5.41, 5.74) is 8.51. The van der Waals surface area contributed by atoms with Crippen LogP contribution in [0.4, 0.5) is 5.69 Å². The maximum atomic E-state index is 12.2. The predicted molar refractivity (Wildman–Crippen MR) is 80.7 cm³/mol. The lowest BCUT2D eigenvalue weighted by molar-refractivity contribution is 0.0939. The number of benzene rings is 1. The number of nitrogens with zero attached hydrogens (tertiary/aromatic N) is 1. The standard InChI is InChI=1S/C15H16ClN3O/c1-9-3-5-11(6-4-9)10(2)19-15(20)13-7-12(17)8-18-14(13)16/h3-8,10H,17H2,1-2H3,(H,19,20). The molecular weight excluding hydrogens is 274 g/mol. The van der Waals surface area contributed by atoms with Crippen molar-refractivity contribution in [1.82, 2.24) is 10.3 Å². The van der Waals surface area contributed by atoms with Gasteiger partial charge in [-0.2, -0.15) is 0 Å². The highest BCUT2D eigenvalue weighted by atomic mass is 35.5. The van der Waals surface area contributed by atoms with Crippen molar-refractivity contribution in [1.29, 1.82) is 0 Å². The van der Waals surface area contributed by atoms with Crippen molar-refractivity contribution in [2.24, 2.45) is 0 Å². The molecule has 2 rings (SSSR count). The summed E-state index contributed by atoms with van der Waals surface area (Å²) in [5.74, 6) is -0.289. The van der Waals surface area contributed by atoms with Crippen LogP contribution in [0.25, 0.3) is 0 Å². The van der Waals surface area contributed by atoms with E-state index in [2.05, 4.69) is 10.3 Å². The summed E-state index contributed by atoms with van der Waals surface area (Å²) in [4.78, 5) is 16.0. The van der Waals surface area contributed by atoms with Gasteiger partial charge in [-0.1, -0.05) is 41.4 Å². The van der Waals surface area contributed by atoms with E-state index in [0.717, 1.165) is 5.56 Å². The third kappa shape index (κ3) is 3.27. The number of halogens is 1. The van der Waals surface area contributed by atoms with Crippen molar-refractivity contribution in [2.45, 2.75) is 19.9 Å². The minimum atomic E-state index is -0.289. The van der Waals surface area contributed by atoms with E-state index in [4.69, 9.17) is 17.3 Å². The highest BCUT2D eigenvalue weighted by Gasteiger charge is 2.15. The Morgan fingerprint density at radius 1 is 1.35 bits per heavy atom. The van der Waals surface area contributed by atoms with Gasteiger partial charge in [0.15, 0.2) is 0 Å². The number of pyridine rings is 1. The second-order valence-electron chi connectivity index (χ2n) is 4.71. The van der Waals surface area contributed by atoms with Gasteiger partial charge in [-0.3, -0.25) is 4.79 Å². The fraction of sp³-hybridized carbons (Fsp3) is 0.200. The zero-order valence-electron chi connectivity index (χ0n) is 11.4. The number of hydrogen-bond donors (Lipinski definition) is 2. The van der Waals surface area contributed by atoms with Gasteiger partial charge in [0, 0.05) is 0 Å². The molecule has 0 fully saturated rings. The Hall–Kier alpha value is -2.07. The number of aryl methyl sites for hydroxylation is 1. The van der Waals surface area contributed by atoms with Gasteiger partial charge in [0.1, 0.15) is 5.15 Å². The van der Waals surface area contributed by atoms with E-state index in [0.29, 0.717) is 5.69 Å². The number of carbonyl (C=O) groups excluding carboxylic acids is 1. The molecule has 104 valence electrons. The van der Waals surface area contributed by atoms with Crippen LogP contribution in [-0.2, 0) is 0 Å². The molecule has 0 aliphatic carbocycles. The normalized spacial score (nSPS) is 11.9. The summed E-state index contributed by atoms with van der Waals surface area (Å²) in [6.45, 7) is 3.93. The Bertz CT molecular complexity index is 626. The van der Waals surface area contributed by atoms with Crippen LogP contribution in [0.2, 0.25) is 5.15 Å². The average molecular weight is 290 g/mol. The molecule has 1 heterocycles. The summed E-state index contributed by atoms with van der Waals surface area (Å²) in [7, 11) is 0. The molecule has 20 heavy (non-hydrogen) atoms. The Kier molecular flexibility index (Phi) is 4.25. The smallest absolute Gasteiger partial charge is 0.254 e. The van der Waals surface area contributed by atoms with Crippen LogP contribution >= 0.6 is 11.6 Å². The largest absolute Gasteiger partial charge is 0.397 e. The fourth-order valence-corrected chi connectivity index (χ4v) is 2.03. The summed E-state index contributed by atoms with van der Waals surface area (Å²) < 4.78 is 0. The van der Waals surface area contributed by atoms with Crippen molar-refractivity contribution in [3.8, 4) is 0 Å². The van der Waals surface area contributed by atoms with Crippen molar-refractivity contribution in [2.75, 3.05) is 5.73 Å². The number of amides is 1. The maximum Gasteiger partial charge on any atom is 0.254 e. The summed E-state index contributed by atoms with van der Waals surface area (Å²) in [6, 6.07) is 9.38.